The normalized spacial score (nSPS) is 10.4. The van der Waals surface area contributed by atoms with Gasteiger partial charge in [0.25, 0.3) is 5.91 Å². The largest absolute Gasteiger partial charge is 0.348 e. The zero-order valence-electron chi connectivity index (χ0n) is 14.2. The number of anilines is 1. The summed E-state index contributed by atoms with van der Waals surface area (Å²) in [7, 11) is 0. The fraction of sp³-hybridized carbons (Fsp3) is 0.105. The van der Waals surface area contributed by atoms with E-state index in [2.05, 4.69) is 15.7 Å². The van der Waals surface area contributed by atoms with Crippen molar-refractivity contribution in [3.05, 3.63) is 83.7 Å². The summed E-state index contributed by atoms with van der Waals surface area (Å²) < 4.78 is 28.0. The van der Waals surface area contributed by atoms with Crippen LogP contribution in [0.4, 0.5) is 14.5 Å². The minimum Gasteiger partial charge on any atom is -0.348 e. The number of nitrogens with one attached hydrogen (secondary N) is 2. The van der Waals surface area contributed by atoms with Crippen LogP contribution in [0.2, 0.25) is 0 Å². The average Bonchev–Trinajstić information content (AvgIpc) is 3.13. The molecular formula is C19H16F2N4O2. The smallest absolute Gasteiger partial charge is 0.254 e. The molecule has 6 nitrogen and oxygen atoms in total. The summed E-state index contributed by atoms with van der Waals surface area (Å²) in [6.45, 7) is 0.205. The Hall–Kier alpha value is -3.55. The fourth-order valence-corrected chi connectivity index (χ4v) is 2.45. The number of carbonyl (C=O) groups is 2. The van der Waals surface area contributed by atoms with Crippen molar-refractivity contribution in [1.82, 2.24) is 15.1 Å². The molecule has 1 aromatic heterocycles. The van der Waals surface area contributed by atoms with Crippen LogP contribution in [-0.2, 0) is 17.9 Å². The molecule has 0 saturated carbocycles. The zero-order valence-corrected chi connectivity index (χ0v) is 14.2. The van der Waals surface area contributed by atoms with Gasteiger partial charge in [0, 0.05) is 30.7 Å². The number of benzene rings is 2. The van der Waals surface area contributed by atoms with E-state index in [1.807, 2.05) is 0 Å². The number of rotatable bonds is 6. The summed E-state index contributed by atoms with van der Waals surface area (Å²) in [6, 6.07) is 11.4. The molecule has 8 heteroatoms. The van der Waals surface area contributed by atoms with Crippen LogP contribution < -0.4 is 10.6 Å². The fourth-order valence-electron chi connectivity index (χ4n) is 2.45. The molecule has 138 valence electrons. The maximum atomic E-state index is 13.6. The third-order valence-electron chi connectivity index (χ3n) is 3.70. The van der Waals surface area contributed by atoms with Gasteiger partial charge in [-0.2, -0.15) is 5.10 Å². The van der Waals surface area contributed by atoms with E-state index < -0.39 is 17.5 Å². The molecule has 2 aromatic carbocycles. The molecule has 27 heavy (non-hydrogen) atoms. The summed E-state index contributed by atoms with van der Waals surface area (Å²) in [4.78, 5) is 24.0. The lowest BCUT2D eigenvalue weighted by Gasteiger charge is -2.09. The zero-order chi connectivity index (χ0) is 19.2. The molecule has 0 aliphatic rings. The van der Waals surface area contributed by atoms with Crippen LogP contribution in [-0.4, -0.2) is 21.6 Å². The second-order valence-electron chi connectivity index (χ2n) is 5.76. The Kier molecular flexibility index (Phi) is 5.55. The van der Waals surface area contributed by atoms with E-state index in [4.69, 9.17) is 0 Å². The molecule has 0 fully saturated rings. The first-order valence-corrected chi connectivity index (χ1v) is 8.11. The van der Waals surface area contributed by atoms with Crippen LogP contribution >= 0.6 is 0 Å². The van der Waals surface area contributed by atoms with E-state index in [9.17, 15) is 18.4 Å². The highest BCUT2D eigenvalue weighted by atomic mass is 19.1. The van der Waals surface area contributed by atoms with Gasteiger partial charge >= 0.3 is 0 Å². The van der Waals surface area contributed by atoms with Gasteiger partial charge in [0.15, 0.2) is 0 Å². The van der Waals surface area contributed by atoms with Crippen molar-refractivity contribution in [3.8, 4) is 0 Å². The van der Waals surface area contributed by atoms with Gasteiger partial charge in [-0.25, -0.2) is 8.78 Å². The first kappa shape index (κ1) is 18.2. The maximum absolute atomic E-state index is 13.6. The van der Waals surface area contributed by atoms with E-state index in [0.29, 0.717) is 17.3 Å². The molecule has 0 saturated heterocycles. The summed E-state index contributed by atoms with van der Waals surface area (Å²) in [5.74, 6) is -2.57. The minimum atomic E-state index is -0.924. The van der Waals surface area contributed by atoms with Crippen molar-refractivity contribution in [2.45, 2.75) is 13.1 Å². The SMILES string of the molecule is O=C(Cn1cccn1)Nc1cccc(CNC(=O)c2ccc(F)cc2F)c1. The Morgan fingerprint density at radius 3 is 2.67 bits per heavy atom. The summed E-state index contributed by atoms with van der Waals surface area (Å²) in [5.41, 5.74) is 1.04. The van der Waals surface area contributed by atoms with Crippen molar-refractivity contribution in [1.29, 1.82) is 0 Å². The number of hydrogen-bond acceptors (Lipinski definition) is 3. The van der Waals surface area contributed by atoms with Gasteiger partial charge in [-0.3, -0.25) is 14.3 Å². The highest BCUT2D eigenvalue weighted by Crippen LogP contribution is 2.12. The van der Waals surface area contributed by atoms with E-state index in [0.717, 1.165) is 12.1 Å². The van der Waals surface area contributed by atoms with E-state index in [1.165, 1.54) is 4.68 Å². The van der Waals surface area contributed by atoms with Crippen LogP contribution in [0.15, 0.2) is 60.9 Å². The standard InChI is InChI=1S/C19H16F2N4O2/c20-14-5-6-16(17(21)10-14)19(27)22-11-13-3-1-4-15(9-13)24-18(26)12-25-8-2-7-23-25/h1-10H,11-12H2,(H,22,27)(H,24,26). The third-order valence-corrected chi connectivity index (χ3v) is 3.70. The van der Waals surface area contributed by atoms with Crippen molar-refractivity contribution in [2.75, 3.05) is 5.32 Å². The molecule has 3 rings (SSSR count). The number of amides is 2. The maximum Gasteiger partial charge on any atom is 0.254 e. The molecule has 3 aromatic rings. The molecule has 2 amide bonds. The number of halogens is 2. The van der Waals surface area contributed by atoms with Crippen LogP contribution in [0.3, 0.4) is 0 Å². The molecule has 0 unspecified atom stereocenters. The molecular weight excluding hydrogens is 354 g/mol. The van der Waals surface area contributed by atoms with Crippen molar-refractivity contribution >= 4 is 17.5 Å². The van der Waals surface area contributed by atoms with Gasteiger partial charge < -0.3 is 10.6 Å². The van der Waals surface area contributed by atoms with Crippen LogP contribution in [0.5, 0.6) is 0 Å². The Labute approximate surface area is 153 Å². The highest BCUT2D eigenvalue weighted by molar-refractivity contribution is 5.94. The Balaban J connectivity index is 1.58. The summed E-state index contributed by atoms with van der Waals surface area (Å²) >= 11 is 0. The predicted molar refractivity (Wildman–Crippen MR) is 94.8 cm³/mol. The summed E-state index contributed by atoms with van der Waals surface area (Å²) in [5, 5.41) is 9.27. The van der Waals surface area contributed by atoms with E-state index in [1.54, 1.807) is 42.7 Å². The highest BCUT2D eigenvalue weighted by Gasteiger charge is 2.12. The molecule has 0 bridgehead atoms. The van der Waals surface area contributed by atoms with Crippen molar-refractivity contribution < 1.29 is 18.4 Å². The lowest BCUT2D eigenvalue weighted by atomic mass is 10.1. The lowest BCUT2D eigenvalue weighted by Crippen LogP contribution is -2.24. The number of aromatic nitrogens is 2. The van der Waals surface area contributed by atoms with Gasteiger partial charge in [-0.05, 0) is 35.9 Å². The topological polar surface area (TPSA) is 76.0 Å². The molecule has 0 spiro atoms. The van der Waals surface area contributed by atoms with E-state index in [-0.39, 0.29) is 24.6 Å². The third kappa shape index (κ3) is 4.97. The Morgan fingerprint density at radius 1 is 1.07 bits per heavy atom. The first-order chi connectivity index (χ1) is 13.0. The predicted octanol–water partition coefficient (Wildman–Crippen LogP) is 2.73. The van der Waals surface area contributed by atoms with Crippen LogP contribution in [0, 0.1) is 11.6 Å². The van der Waals surface area contributed by atoms with Crippen LogP contribution in [0.1, 0.15) is 15.9 Å². The first-order valence-electron chi connectivity index (χ1n) is 8.11. The average molecular weight is 370 g/mol. The number of nitrogens with zero attached hydrogens (tertiary/aromatic N) is 2. The van der Waals surface area contributed by atoms with E-state index >= 15 is 0 Å². The molecule has 2 N–H and O–H groups in total. The van der Waals surface area contributed by atoms with Crippen molar-refractivity contribution in [2.24, 2.45) is 0 Å². The molecule has 1 heterocycles. The van der Waals surface area contributed by atoms with Gasteiger partial charge in [0.1, 0.15) is 18.2 Å². The number of carbonyl (C=O) groups excluding carboxylic acids is 2. The van der Waals surface area contributed by atoms with Gasteiger partial charge in [-0.1, -0.05) is 12.1 Å². The molecule has 0 radical (unpaired) electrons. The minimum absolute atomic E-state index is 0.0812. The molecule has 0 aliphatic carbocycles. The Morgan fingerprint density at radius 2 is 1.93 bits per heavy atom. The molecule has 0 atom stereocenters. The van der Waals surface area contributed by atoms with Crippen LogP contribution in [0.25, 0.3) is 0 Å². The summed E-state index contributed by atoms with van der Waals surface area (Å²) in [6.07, 6.45) is 3.26. The van der Waals surface area contributed by atoms with Gasteiger partial charge in [0.2, 0.25) is 5.91 Å². The van der Waals surface area contributed by atoms with Gasteiger partial charge in [-0.15, -0.1) is 0 Å². The lowest BCUT2D eigenvalue weighted by molar-refractivity contribution is -0.116. The molecule has 0 aliphatic heterocycles. The van der Waals surface area contributed by atoms with Crippen molar-refractivity contribution in [3.63, 3.8) is 0 Å². The second kappa shape index (κ2) is 8.22. The Bertz CT molecular complexity index is 958. The monoisotopic (exact) mass is 370 g/mol. The quantitative estimate of drug-likeness (QED) is 0.701. The second-order valence-corrected chi connectivity index (χ2v) is 5.76. The van der Waals surface area contributed by atoms with Gasteiger partial charge in [0.05, 0.1) is 5.56 Å². The number of hydrogen-bond donors (Lipinski definition) is 2.